The zero-order valence-corrected chi connectivity index (χ0v) is 14.7. The molecule has 0 atom stereocenters. The number of carbonyl (C=O) groups excluding carboxylic acids is 2. The molecule has 0 aliphatic heterocycles. The number of aromatic hydroxyl groups is 1. The number of primary amides is 1. The van der Waals surface area contributed by atoms with Crippen molar-refractivity contribution in [3.8, 4) is 5.75 Å². The van der Waals surface area contributed by atoms with Crippen LogP contribution in [0.5, 0.6) is 5.75 Å². The van der Waals surface area contributed by atoms with E-state index in [2.05, 4.69) is 9.97 Å². The van der Waals surface area contributed by atoms with Crippen LogP contribution in [-0.2, 0) is 4.74 Å². The van der Waals surface area contributed by atoms with E-state index in [-0.39, 0.29) is 27.4 Å². The monoisotopic (exact) mass is 381 g/mol. The summed E-state index contributed by atoms with van der Waals surface area (Å²) < 4.78 is 4.71. The summed E-state index contributed by atoms with van der Waals surface area (Å²) in [5, 5.41) is 11.8. The predicted octanol–water partition coefficient (Wildman–Crippen LogP) is 3.18. The number of aromatic nitrogens is 2. The number of fused-ring (bicyclic) bond motifs is 4. The Hall–Kier alpha value is -3.45. The second kappa shape index (κ2) is 6.07. The first-order valence-electron chi connectivity index (χ1n) is 7.85. The highest BCUT2D eigenvalue weighted by Crippen LogP contribution is 2.36. The summed E-state index contributed by atoms with van der Waals surface area (Å²) in [7, 11) is 1.24. The third-order valence-electron chi connectivity index (χ3n) is 4.32. The molecule has 1 heterocycles. The Morgan fingerprint density at radius 1 is 1.07 bits per heavy atom. The summed E-state index contributed by atoms with van der Waals surface area (Å²) >= 11 is 6.17. The minimum Gasteiger partial charge on any atom is -0.506 e. The topological polar surface area (TPSA) is 115 Å². The van der Waals surface area contributed by atoms with Crippen molar-refractivity contribution in [1.29, 1.82) is 0 Å². The van der Waals surface area contributed by atoms with Crippen molar-refractivity contribution in [2.24, 2.45) is 5.73 Å². The Morgan fingerprint density at radius 3 is 2.37 bits per heavy atom. The summed E-state index contributed by atoms with van der Waals surface area (Å²) in [5.41, 5.74) is 6.73. The summed E-state index contributed by atoms with van der Waals surface area (Å²) in [6, 6.07) is 9.86. The van der Waals surface area contributed by atoms with Gasteiger partial charge in [-0.1, -0.05) is 35.9 Å². The van der Waals surface area contributed by atoms with E-state index in [9.17, 15) is 14.7 Å². The van der Waals surface area contributed by atoms with E-state index in [1.54, 1.807) is 24.3 Å². The van der Waals surface area contributed by atoms with Crippen LogP contribution in [0.1, 0.15) is 20.7 Å². The fourth-order valence-electron chi connectivity index (χ4n) is 3.08. The van der Waals surface area contributed by atoms with Crippen LogP contribution in [0.3, 0.4) is 0 Å². The highest BCUT2D eigenvalue weighted by molar-refractivity contribution is 6.34. The quantitative estimate of drug-likeness (QED) is 0.313. The fraction of sp³-hybridized carbons (Fsp3) is 0.0526. The minimum atomic E-state index is -0.834. The largest absolute Gasteiger partial charge is 0.506 e. The van der Waals surface area contributed by atoms with Gasteiger partial charge < -0.3 is 15.6 Å². The van der Waals surface area contributed by atoms with Gasteiger partial charge in [-0.25, -0.2) is 14.8 Å². The number of methoxy groups -OCH3 is 1. The smallest absolute Gasteiger partial charge is 0.339 e. The Kier molecular flexibility index (Phi) is 3.82. The van der Waals surface area contributed by atoms with Crippen LogP contribution in [0.2, 0.25) is 5.02 Å². The molecular formula is C19H12ClN3O4. The van der Waals surface area contributed by atoms with Crippen molar-refractivity contribution in [1.82, 2.24) is 9.97 Å². The molecule has 3 N–H and O–H groups in total. The maximum Gasteiger partial charge on any atom is 0.339 e. The third-order valence-corrected chi connectivity index (χ3v) is 4.63. The first-order chi connectivity index (χ1) is 12.9. The van der Waals surface area contributed by atoms with Crippen molar-refractivity contribution in [3.05, 3.63) is 52.5 Å². The van der Waals surface area contributed by atoms with E-state index in [0.717, 1.165) is 0 Å². The molecule has 0 radical (unpaired) electrons. The SMILES string of the molecule is COC(=O)c1cc2nc3c(C(N)=O)c(O)c4ccccc4c3nc2cc1Cl. The van der Waals surface area contributed by atoms with E-state index < -0.39 is 11.9 Å². The van der Waals surface area contributed by atoms with E-state index in [1.165, 1.54) is 19.2 Å². The molecule has 1 amide bonds. The Morgan fingerprint density at radius 2 is 1.70 bits per heavy atom. The fourth-order valence-corrected chi connectivity index (χ4v) is 3.32. The summed E-state index contributed by atoms with van der Waals surface area (Å²) in [4.78, 5) is 32.9. The van der Waals surface area contributed by atoms with Gasteiger partial charge in [0.1, 0.15) is 16.8 Å². The molecule has 0 spiro atoms. The van der Waals surface area contributed by atoms with Crippen LogP contribution >= 0.6 is 11.6 Å². The molecule has 27 heavy (non-hydrogen) atoms. The number of rotatable bonds is 2. The number of nitrogens with zero attached hydrogens (tertiary/aromatic N) is 2. The van der Waals surface area contributed by atoms with Crippen LogP contribution in [0.25, 0.3) is 32.8 Å². The second-order valence-corrected chi connectivity index (χ2v) is 6.27. The van der Waals surface area contributed by atoms with Gasteiger partial charge in [0.05, 0.1) is 34.2 Å². The number of hydrogen-bond acceptors (Lipinski definition) is 6. The van der Waals surface area contributed by atoms with Crippen molar-refractivity contribution in [3.63, 3.8) is 0 Å². The zero-order chi connectivity index (χ0) is 19.3. The number of esters is 1. The van der Waals surface area contributed by atoms with Crippen LogP contribution < -0.4 is 5.73 Å². The van der Waals surface area contributed by atoms with Gasteiger partial charge in [0.2, 0.25) is 0 Å². The Bertz CT molecular complexity index is 1290. The molecule has 4 rings (SSSR count). The molecule has 4 aromatic rings. The molecule has 0 aliphatic rings. The summed E-state index contributed by atoms with van der Waals surface area (Å²) in [6.07, 6.45) is 0. The minimum absolute atomic E-state index is 0.117. The number of halogens is 1. The van der Waals surface area contributed by atoms with Gasteiger partial charge in [0.15, 0.2) is 0 Å². The average Bonchev–Trinajstić information content (AvgIpc) is 2.66. The standard InChI is InChI=1S/C19H12ClN3O4/c1-27-19(26)10-6-12-13(7-11(10)20)22-15-8-4-2-3-5-9(8)17(24)14(18(21)25)16(15)23-12/h2-7,24H,1H3,(H2,21,25). The lowest BCUT2D eigenvalue weighted by atomic mass is 10.0. The van der Waals surface area contributed by atoms with E-state index >= 15 is 0 Å². The first-order valence-corrected chi connectivity index (χ1v) is 8.23. The molecule has 0 saturated heterocycles. The van der Waals surface area contributed by atoms with Crippen molar-refractivity contribution >= 4 is 56.3 Å². The van der Waals surface area contributed by atoms with Gasteiger partial charge in [-0.15, -0.1) is 0 Å². The second-order valence-electron chi connectivity index (χ2n) is 5.87. The van der Waals surface area contributed by atoms with E-state index in [0.29, 0.717) is 27.3 Å². The van der Waals surface area contributed by atoms with Crippen molar-refractivity contribution in [2.45, 2.75) is 0 Å². The molecule has 134 valence electrons. The predicted molar refractivity (Wildman–Crippen MR) is 101 cm³/mol. The van der Waals surface area contributed by atoms with Gasteiger partial charge in [-0.05, 0) is 12.1 Å². The van der Waals surface area contributed by atoms with Gasteiger partial charge >= 0.3 is 5.97 Å². The van der Waals surface area contributed by atoms with Gasteiger partial charge in [0, 0.05) is 10.8 Å². The highest BCUT2D eigenvalue weighted by Gasteiger charge is 2.21. The summed E-state index contributed by atoms with van der Waals surface area (Å²) in [5.74, 6) is -1.72. The summed E-state index contributed by atoms with van der Waals surface area (Å²) in [6.45, 7) is 0. The van der Waals surface area contributed by atoms with Crippen LogP contribution in [0.4, 0.5) is 0 Å². The molecule has 0 unspecified atom stereocenters. The highest BCUT2D eigenvalue weighted by atomic mass is 35.5. The number of amides is 1. The molecule has 0 saturated carbocycles. The molecule has 8 heteroatoms. The lowest BCUT2D eigenvalue weighted by Gasteiger charge is -2.12. The maximum absolute atomic E-state index is 12.0. The van der Waals surface area contributed by atoms with E-state index in [4.69, 9.17) is 22.1 Å². The number of hydrogen-bond donors (Lipinski definition) is 2. The molecular weight excluding hydrogens is 370 g/mol. The van der Waals surface area contributed by atoms with Gasteiger partial charge in [0.25, 0.3) is 5.91 Å². The van der Waals surface area contributed by atoms with Crippen LogP contribution in [0, 0.1) is 0 Å². The molecule has 7 nitrogen and oxygen atoms in total. The van der Waals surface area contributed by atoms with Crippen LogP contribution in [-0.4, -0.2) is 34.1 Å². The number of ether oxygens (including phenoxy) is 1. The van der Waals surface area contributed by atoms with Gasteiger partial charge in [-0.2, -0.15) is 0 Å². The molecule has 0 bridgehead atoms. The van der Waals surface area contributed by atoms with Crippen molar-refractivity contribution < 1.29 is 19.4 Å². The van der Waals surface area contributed by atoms with Crippen molar-refractivity contribution in [2.75, 3.05) is 7.11 Å². The number of carbonyl (C=O) groups is 2. The Balaban J connectivity index is 2.21. The molecule has 3 aromatic carbocycles. The average molecular weight is 382 g/mol. The normalized spacial score (nSPS) is 11.2. The molecule has 1 aromatic heterocycles. The zero-order valence-electron chi connectivity index (χ0n) is 14.0. The van der Waals surface area contributed by atoms with E-state index in [1.807, 2.05) is 0 Å². The number of phenols is 1. The first kappa shape index (κ1) is 17.0. The Labute approximate surface area is 157 Å². The van der Waals surface area contributed by atoms with Gasteiger partial charge in [-0.3, -0.25) is 4.79 Å². The number of benzene rings is 3. The maximum atomic E-state index is 12.0. The molecule has 0 fully saturated rings. The lowest BCUT2D eigenvalue weighted by molar-refractivity contribution is 0.0601. The third kappa shape index (κ3) is 2.51. The van der Waals surface area contributed by atoms with Crippen LogP contribution in [0.15, 0.2) is 36.4 Å². The lowest BCUT2D eigenvalue weighted by Crippen LogP contribution is -2.13. The molecule has 0 aliphatic carbocycles. The number of nitrogens with two attached hydrogens (primary N) is 1.